The van der Waals surface area contributed by atoms with E-state index < -0.39 is 29.4 Å². The molecule has 4 nitrogen and oxygen atoms in total. The van der Waals surface area contributed by atoms with Crippen molar-refractivity contribution in [1.29, 1.82) is 0 Å². The van der Waals surface area contributed by atoms with Crippen molar-refractivity contribution in [2.45, 2.75) is 19.4 Å². The minimum absolute atomic E-state index is 0.0447. The molecule has 1 aromatic rings. The predicted molar refractivity (Wildman–Crippen MR) is 88.3 cm³/mol. The van der Waals surface area contributed by atoms with Crippen molar-refractivity contribution in [3.8, 4) is 0 Å². The van der Waals surface area contributed by atoms with E-state index in [1.54, 1.807) is 0 Å². The molecular weight excluding hydrogens is 396 g/mol. The Balaban J connectivity index is 1.51. The Labute approximate surface area is 151 Å². The number of benzene rings is 1. The van der Waals surface area contributed by atoms with Gasteiger partial charge in [0.25, 0.3) is 0 Å². The van der Waals surface area contributed by atoms with E-state index >= 15 is 0 Å². The van der Waals surface area contributed by atoms with Gasteiger partial charge in [-0.25, -0.2) is 8.78 Å². The Morgan fingerprint density at radius 1 is 1.16 bits per heavy atom. The van der Waals surface area contributed by atoms with Gasteiger partial charge >= 0.3 is 5.97 Å². The Hall–Kier alpha value is -1.76. The molecule has 2 fully saturated rings. The van der Waals surface area contributed by atoms with E-state index in [0.717, 1.165) is 25.0 Å². The monoisotopic (exact) mass is 411 g/mol. The molecule has 3 aliphatic carbocycles. The maximum atomic E-state index is 13.6. The van der Waals surface area contributed by atoms with Crippen LogP contribution in [0.1, 0.15) is 18.4 Å². The molecule has 2 N–H and O–H groups in total. The molecular formula is C18H16BrF2NO3. The fourth-order valence-electron chi connectivity index (χ4n) is 4.71. The molecule has 0 aromatic heterocycles. The molecule has 2 saturated carbocycles. The van der Waals surface area contributed by atoms with Gasteiger partial charge in [0.2, 0.25) is 5.91 Å². The lowest BCUT2D eigenvalue weighted by Crippen LogP contribution is -2.40. The van der Waals surface area contributed by atoms with Crippen molar-refractivity contribution < 1.29 is 23.5 Å². The standard InChI is InChI=1S/C18H16BrF2NO3/c19-15-11(20)5-8(6-12(15)21)7-22-16(23)13-9-1-2-10(14(13)17(24)25)18(9)3-4-18/h1-2,5-6,9-10,13-14H,3-4,7H2,(H,22,23)(H,24,25)/t9-,10+,13?,14+/m0/s1. The van der Waals surface area contributed by atoms with Crippen molar-refractivity contribution >= 4 is 27.8 Å². The fraction of sp³-hybridized carbons (Fsp3) is 0.444. The zero-order valence-electron chi connectivity index (χ0n) is 13.1. The fourth-order valence-corrected chi connectivity index (χ4v) is 4.94. The van der Waals surface area contributed by atoms with Crippen LogP contribution in [0.3, 0.4) is 0 Å². The molecule has 2 bridgehead atoms. The largest absolute Gasteiger partial charge is 0.481 e. The summed E-state index contributed by atoms with van der Waals surface area (Å²) < 4.78 is 26.9. The average Bonchev–Trinajstić information content (AvgIpc) is 3.23. The van der Waals surface area contributed by atoms with E-state index in [-0.39, 0.29) is 34.2 Å². The highest BCUT2D eigenvalue weighted by molar-refractivity contribution is 9.10. The third kappa shape index (κ3) is 2.43. The molecule has 4 rings (SSSR count). The first-order valence-electron chi connectivity index (χ1n) is 8.17. The van der Waals surface area contributed by atoms with Gasteiger partial charge in [-0.15, -0.1) is 0 Å². The normalized spacial score (nSPS) is 30.7. The molecule has 0 heterocycles. The van der Waals surface area contributed by atoms with E-state index in [1.807, 2.05) is 12.2 Å². The topological polar surface area (TPSA) is 66.4 Å². The predicted octanol–water partition coefficient (Wildman–Crippen LogP) is 3.26. The Kier molecular flexibility index (Phi) is 3.76. The zero-order valence-corrected chi connectivity index (χ0v) is 14.7. The first-order valence-corrected chi connectivity index (χ1v) is 8.97. The van der Waals surface area contributed by atoms with Gasteiger partial charge in [-0.2, -0.15) is 0 Å². The van der Waals surface area contributed by atoms with Crippen molar-refractivity contribution in [2.24, 2.45) is 29.1 Å². The highest BCUT2D eigenvalue weighted by Crippen LogP contribution is 2.71. The molecule has 1 aromatic carbocycles. The van der Waals surface area contributed by atoms with Gasteiger partial charge in [0.15, 0.2) is 0 Å². The third-order valence-electron chi connectivity index (χ3n) is 5.94. The number of halogens is 3. The summed E-state index contributed by atoms with van der Waals surface area (Å²) in [4.78, 5) is 24.4. The van der Waals surface area contributed by atoms with Crippen molar-refractivity contribution in [3.05, 3.63) is 46.0 Å². The SMILES string of the molecule is O=C(NCc1cc(F)c(Br)c(F)c1)C1[C@H](C(=O)O)[C@H]2C=C[C@@H]1C21CC1. The van der Waals surface area contributed by atoms with Crippen molar-refractivity contribution in [2.75, 3.05) is 0 Å². The first kappa shape index (κ1) is 16.7. The number of carboxylic acid groups (broad SMARTS) is 1. The smallest absolute Gasteiger partial charge is 0.307 e. The molecule has 132 valence electrons. The number of amides is 1. The number of carbonyl (C=O) groups is 2. The lowest BCUT2D eigenvalue weighted by Gasteiger charge is -2.23. The second-order valence-corrected chi connectivity index (χ2v) is 7.94. The minimum Gasteiger partial charge on any atom is -0.481 e. The molecule has 25 heavy (non-hydrogen) atoms. The number of rotatable bonds is 4. The van der Waals surface area contributed by atoms with Crippen LogP contribution in [0.5, 0.6) is 0 Å². The van der Waals surface area contributed by atoms with Crippen LogP contribution in [0.2, 0.25) is 0 Å². The van der Waals surface area contributed by atoms with Gasteiger partial charge < -0.3 is 10.4 Å². The summed E-state index contributed by atoms with van der Waals surface area (Å²) in [6.45, 7) is -0.0447. The summed E-state index contributed by atoms with van der Waals surface area (Å²) in [6, 6.07) is 2.29. The van der Waals surface area contributed by atoms with Crippen LogP contribution in [0.4, 0.5) is 8.78 Å². The van der Waals surface area contributed by atoms with Gasteiger partial charge in [0.1, 0.15) is 11.6 Å². The summed E-state index contributed by atoms with van der Waals surface area (Å²) in [7, 11) is 0. The summed E-state index contributed by atoms with van der Waals surface area (Å²) >= 11 is 2.80. The van der Waals surface area contributed by atoms with E-state index in [1.165, 1.54) is 0 Å². The highest BCUT2D eigenvalue weighted by atomic mass is 79.9. The van der Waals surface area contributed by atoms with E-state index in [0.29, 0.717) is 5.56 Å². The second kappa shape index (κ2) is 5.62. The van der Waals surface area contributed by atoms with Gasteiger partial charge in [-0.05, 0) is 63.7 Å². The average molecular weight is 412 g/mol. The maximum absolute atomic E-state index is 13.6. The van der Waals surface area contributed by atoms with E-state index in [4.69, 9.17) is 0 Å². The first-order chi connectivity index (χ1) is 11.8. The lowest BCUT2D eigenvalue weighted by molar-refractivity contribution is -0.147. The molecule has 0 saturated heterocycles. The molecule has 1 spiro atoms. The Morgan fingerprint density at radius 2 is 1.72 bits per heavy atom. The summed E-state index contributed by atoms with van der Waals surface area (Å²) in [6.07, 6.45) is 5.82. The van der Waals surface area contributed by atoms with E-state index in [9.17, 15) is 23.5 Å². The molecule has 1 unspecified atom stereocenters. The van der Waals surface area contributed by atoms with Crippen molar-refractivity contribution in [3.63, 3.8) is 0 Å². The number of nitrogens with one attached hydrogen (secondary N) is 1. The number of carboxylic acids is 1. The van der Waals surface area contributed by atoms with Gasteiger partial charge in [0.05, 0.1) is 16.3 Å². The third-order valence-corrected chi connectivity index (χ3v) is 6.70. The van der Waals surface area contributed by atoms with Crippen LogP contribution in [0.15, 0.2) is 28.8 Å². The summed E-state index contributed by atoms with van der Waals surface area (Å²) in [5, 5.41) is 12.3. The number of carbonyl (C=O) groups excluding carboxylic acids is 1. The van der Waals surface area contributed by atoms with Crippen LogP contribution in [0, 0.1) is 40.7 Å². The van der Waals surface area contributed by atoms with Gasteiger partial charge in [0, 0.05) is 6.54 Å². The van der Waals surface area contributed by atoms with Crippen LogP contribution in [-0.2, 0) is 16.1 Å². The lowest BCUT2D eigenvalue weighted by atomic mass is 9.82. The van der Waals surface area contributed by atoms with Gasteiger partial charge in [-0.1, -0.05) is 12.2 Å². The van der Waals surface area contributed by atoms with Crippen LogP contribution in [-0.4, -0.2) is 17.0 Å². The molecule has 3 aliphatic rings. The van der Waals surface area contributed by atoms with Crippen LogP contribution >= 0.6 is 15.9 Å². The van der Waals surface area contributed by atoms with Crippen molar-refractivity contribution in [1.82, 2.24) is 5.32 Å². The number of hydrogen-bond acceptors (Lipinski definition) is 2. The summed E-state index contributed by atoms with van der Waals surface area (Å²) in [5.74, 6) is -4.30. The summed E-state index contributed by atoms with van der Waals surface area (Å²) in [5.41, 5.74) is 0.235. The van der Waals surface area contributed by atoms with Gasteiger partial charge in [-0.3, -0.25) is 9.59 Å². The molecule has 4 atom stereocenters. The molecule has 0 aliphatic heterocycles. The quantitative estimate of drug-likeness (QED) is 0.590. The highest BCUT2D eigenvalue weighted by Gasteiger charge is 2.70. The zero-order chi connectivity index (χ0) is 17.9. The number of hydrogen-bond donors (Lipinski definition) is 2. The molecule has 0 radical (unpaired) electrons. The Bertz CT molecular complexity index is 783. The number of aliphatic carboxylic acids is 1. The number of allylic oxidation sites excluding steroid dienone is 2. The maximum Gasteiger partial charge on any atom is 0.307 e. The van der Waals surface area contributed by atoms with E-state index in [2.05, 4.69) is 21.2 Å². The van der Waals surface area contributed by atoms with Crippen LogP contribution < -0.4 is 5.32 Å². The minimum atomic E-state index is -0.955. The second-order valence-electron chi connectivity index (χ2n) is 7.15. The Morgan fingerprint density at radius 3 is 2.24 bits per heavy atom. The molecule has 7 heteroatoms. The van der Waals surface area contributed by atoms with Crippen LogP contribution in [0.25, 0.3) is 0 Å². The molecule has 1 amide bonds.